The molecule has 0 aromatic rings. The smallest absolute Gasteiger partial charge is 0.330 e. The van der Waals surface area contributed by atoms with E-state index in [0.717, 1.165) is 31.0 Å². The second-order valence-corrected chi connectivity index (χ2v) is 7.49. The van der Waals surface area contributed by atoms with E-state index in [2.05, 4.69) is 29.8 Å². The van der Waals surface area contributed by atoms with Crippen molar-refractivity contribution in [3.8, 4) is 0 Å². The molecule has 0 aliphatic rings. The average Bonchev–Trinajstić information content (AvgIpc) is 2.58. The second-order valence-electron chi connectivity index (χ2n) is 6.69. The first-order chi connectivity index (χ1) is 11.7. The molecule has 0 unspecified atom stereocenters. The molecule has 0 heterocycles. The van der Waals surface area contributed by atoms with E-state index in [1.807, 2.05) is 0 Å². The van der Waals surface area contributed by atoms with Crippen molar-refractivity contribution in [2.75, 3.05) is 11.9 Å². The Morgan fingerprint density at radius 3 is 2.08 bits per heavy atom. The molecule has 0 amide bonds. The van der Waals surface area contributed by atoms with Crippen LogP contribution in [0.5, 0.6) is 0 Å². The van der Waals surface area contributed by atoms with Crippen LogP contribution in [0.2, 0.25) is 0 Å². The molecule has 3 heteroatoms. The van der Waals surface area contributed by atoms with Crippen LogP contribution in [0.1, 0.15) is 104 Å². The van der Waals surface area contributed by atoms with Crippen molar-refractivity contribution in [1.82, 2.24) is 0 Å². The van der Waals surface area contributed by atoms with Crippen LogP contribution in [-0.2, 0) is 9.53 Å². The number of halogens is 1. The van der Waals surface area contributed by atoms with Gasteiger partial charge in [-0.05, 0) is 38.5 Å². The highest BCUT2D eigenvalue weighted by Crippen LogP contribution is 2.17. The first kappa shape index (κ1) is 23.7. The minimum atomic E-state index is -0.130. The van der Waals surface area contributed by atoms with Gasteiger partial charge in [0.2, 0.25) is 0 Å². The fourth-order valence-corrected chi connectivity index (χ4v) is 3.13. The van der Waals surface area contributed by atoms with Crippen LogP contribution in [0.15, 0.2) is 11.6 Å². The van der Waals surface area contributed by atoms with Gasteiger partial charge < -0.3 is 4.74 Å². The van der Waals surface area contributed by atoms with Crippen molar-refractivity contribution in [2.45, 2.75) is 104 Å². The van der Waals surface area contributed by atoms with Gasteiger partial charge in [0.05, 0.1) is 6.61 Å². The number of carbonyl (C=O) groups is 1. The molecule has 0 rings (SSSR count). The highest BCUT2D eigenvalue weighted by molar-refractivity contribution is 9.09. The van der Waals surface area contributed by atoms with Crippen LogP contribution in [0.3, 0.4) is 0 Å². The van der Waals surface area contributed by atoms with E-state index < -0.39 is 0 Å². The second kappa shape index (κ2) is 19.0. The number of rotatable bonds is 17. The molecule has 0 N–H and O–H groups in total. The molecule has 0 radical (unpaired) electrons. The highest BCUT2D eigenvalue weighted by Gasteiger charge is 2.04. The van der Waals surface area contributed by atoms with Crippen LogP contribution in [0, 0.1) is 0 Å². The third kappa shape index (κ3) is 16.5. The molecule has 24 heavy (non-hydrogen) atoms. The molecule has 0 aromatic heterocycles. The summed E-state index contributed by atoms with van der Waals surface area (Å²) in [5.74, 6) is -0.130. The molecular weight excluding hydrogens is 364 g/mol. The van der Waals surface area contributed by atoms with Crippen molar-refractivity contribution in [3.63, 3.8) is 0 Å². The summed E-state index contributed by atoms with van der Waals surface area (Å²) >= 11 is 3.45. The van der Waals surface area contributed by atoms with E-state index in [1.165, 1.54) is 69.8 Å². The summed E-state index contributed by atoms with van der Waals surface area (Å²) in [6.45, 7) is 5.01. The first-order valence-corrected chi connectivity index (χ1v) is 11.3. The number of allylic oxidation sites excluding steroid dienone is 1. The van der Waals surface area contributed by atoms with Crippen molar-refractivity contribution in [3.05, 3.63) is 11.6 Å². The Kier molecular flexibility index (Phi) is 18.8. The van der Waals surface area contributed by atoms with Gasteiger partial charge >= 0.3 is 5.97 Å². The minimum Gasteiger partial charge on any atom is -0.463 e. The molecule has 0 aromatic carbocycles. The number of unbranched alkanes of at least 4 members (excludes halogenated alkanes) is 9. The summed E-state index contributed by atoms with van der Waals surface area (Å²) in [5, 5.41) is 1.09. The molecule has 0 aliphatic heterocycles. The molecule has 2 nitrogen and oxygen atoms in total. The maximum absolute atomic E-state index is 12.0. The first-order valence-electron chi connectivity index (χ1n) is 10.2. The summed E-state index contributed by atoms with van der Waals surface area (Å²) in [7, 11) is 0. The van der Waals surface area contributed by atoms with E-state index in [9.17, 15) is 4.79 Å². The van der Waals surface area contributed by atoms with Gasteiger partial charge in [-0.3, -0.25) is 0 Å². The Balaban J connectivity index is 3.94. The molecule has 0 saturated carbocycles. The largest absolute Gasteiger partial charge is 0.463 e. The molecule has 0 aliphatic carbocycles. The molecular formula is C21H39BrO2. The maximum Gasteiger partial charge on any atom is 0.330 e. The Labute approximate surface area is 158 Å². The van der Waals surface area contributed by atoms with Gasteiger partial charge in [-0.2, -0.15) is 0 Å². The Morgan fingerprint density at radius 1 is 0.792 bits per heavy atom. The standard InChI is InChI=1S/C21H39BrO2/c1-3-5-7-9-12-16-20(15-6-4-2)19-21(23)24-18-14-11-8-10-13-17-22/h19H,3-18H2,1-2H3/b20-19+. The van der Waals surface area contributed by atoms with Gasteiger partial charge in [0.25, 0.3) is 0 Å². The molecule has 0 bridgehead atoms. The van der Waals surface area contributed by atoms with Crippen molar-refractivity contribution < 1.29 is 9.53 Å². The van der Waals surface area contributed by atoms with E-state index in [-0.39, 0.29) is 5.97 Å². The minimum absolute atomic E-state index is 0.130. The third-order valence-electron chi connectivity index (χ3n) is 4.30. The highest BCUT2D eigenvalue weighted by atomic mass is 79.9. The number of carbonyl (C=O) groups excluding carboxylic acids is 1. The number of hydrogen-bond donors (Lipinski definition) is 0. The quantitative estimate of drug-likeness (QED) is 0.110. The molecule has 0 saturated heterocycles. The van der Waals surface area contributed by atoms with Gasteiger partial charge in [-0.1, -0.05) is 86.7 Å². The molecule has 142 valence electrons. The third-order valence-corrected chi connectivity index (χ3v) is 4.86. The summed E-state index contributed by atoms with van der Waals surface area (Å²) in [6, 6.07) is 0. The van der Waals surface area contributed by atoms with Gasteiger partial charge in [0.1, 0.15) is 0 Å². The monoisotopic (exact) mass is 402 g/mol. The summed E-state index contributed by atoms with van der Waals surface area (Å²) in [4.78, 5) is 12.0. The van der Waals surface area contributed by atoms with Crippen LogP contribution in [0.25, 0.3) is 0 Å². The van der Waals surface area contributed by atoms with Gasteiger partial charge in [-0.25, -0.2) is 4.79 Å². The van der Waals surface area contributed by atoms with Crippen LogP contribution in [0.4, 0.5) is 0 Å². The number of esters is 1. The lowest BCUT2D eigenvalue weighted by molar-refractivity contribution is -0.137. The number of hydrogen-bond acceptors (Lipinski definition) is 2. The van der Waals surface area contributed by atoms with E-state index in [4.69, 9.17) is 4.74 Å². The molecule has 0 spiro atoms. The van der Waals surface area contributed by atoms with Crippen LogP contribution < -0.4 is 0 Å². The zero-order valence-corrected chi connectivity index (χ0v) is 17.7. The predicted molar refractivity (Wildman–Crippen MR) is 109 cm³/mol. The lowest BCUT2D eigenvalue weighted by Gasteiger charge is -2.08. The van der Waals surface area contributed by atoms with Crippen LogP contribution in [-0.4, -0.2) is 17.9 Å². The fraction of sp³-hybridized carbons (Fsp3) is 0.857. The van der Waals surface area contributed by atoms with Gasteiger partial charge in [0, 0.05) is 11.4 Å². The van der Waals surface area contributed by atoms with Gasteiger partial charge in [-0.15, -0.1) is 0 Å². The fourth-order valence-electron chi connectivity index (χ4n) is 2.74. The number of alkyl halides is 1. The normalized spacial score (nSPS) is 11.7. The van der Waals surface area contributed by atoms with E-state index >= 15 is 0 Å². The average molecular weight is 403 g/mol. The zero-order chi connectivity index (χ0) is 17.9. The van der Waals surface area contributed by atoms with E-state index in [1.54, 1.807) is 6.08 Å². The summed E-state index contributed by atoms with van der Waals surface area (Å²) in [5.41, 5.74) is 1.29. The SMILES string of the molecule is CCCCCCC/C(=C/C(=O)OCCCCCCCBr)CCCC. The van der Waals surface area contributed by atoms with Gasteiger partial charge in [0.15, 0.2) is 0 Å². The number of ether oxygens (including phenoxy) is 1. The predicted octanol–water partition coefficient (Wildman–Crippen LogP) is 7.35. The maximum atomic E-state index is 12.0. The Morgan fingerprint density at radius 2 is 1.38 bits per heavy atom. The molecule has 0 fully saturated rings. The molecule has 0 atom stereocenters. The Bertz CT molecular complexity index is 313. The van der Waals surface area contributed by atoms with Crippen molar-refractivity contribution in [1.29, 1.82) is 0 Å². The Hall–Kier alpha value is -0.310. The van der Waals surface area contributed by atoms with E-state index in [0.29, 0.717) is 6.61 Å². The zero-order valence-electron chi connectivity index (χ0n) is 16.1. The lowest BCUT2D eigenvalue weighted by Crippen LogP contribution is -2.04. The summed E-state index contributed by atoms with van der Waals surface area (Å²) < 4.78 is 5.38. The van der Waals surface area contributed by atoms with Crippen LogP contribution >= 0.6 is 15.9 Å². The topological polar surface area (TPSA) is 26.3 Å². The summed E-state index contributed by atoms with van der Waals surface area (Å²) in [6.07, 6.45) is 18.5. The lowest BCUT2D eigenvalue weighted by atomic mass is 10.0. The van der Waals surface area contributed by atoms with Crippen molar-refractivity contribution >= 4 is 21.9 Å². The van der Waals surface area contributed by atoms with Crippen molar-refractivity contribution in [2.24, 2.45) is 0 Å².